The van der Waals surface area contributed by atoms with Crippen molar-refractivity contribution in [2.45, 2.75) is 19.8 Å². The standard InChI is InChI=1S/C21H16F4N2O5/c22-20(23)31-17-6-4-14(9-18(17)32-21(24)25)27(11-12-2-1-7-26-10-12)13-3-5-16(28)15(8-13)19(29)30/h1-10,20-21,28H,11H2,(H,29,30). The SMILES string of the molecule is O=C(O)c1cc(N(Cc2cccnc2)c2ccc(OC(F)F)c(OC(F)F)c2)ccc1O. The number of ether oxygens (including phenoxy) is 2. The van der Waals surface area contributed by atoms with Gasteiger partial charge in [-0.25, -0.2) is 4.79 Å². The minimum atomic E-state index is -3.30. The molecule has 2 N–H and O–H groups in total. The highest BCUT2D eigenvalue weighted by Crippen LogP contribution is 2.38. The van der Waals surface area contributed by atoms with Gasteiger partial charge in [-0.2, -0.15) is 17.6 Å². The molecule has 0 saturated carbocycles. The number of benzene rings is 2. The number of nitrogens with zero attached hydrogens (tertiary/aromatic N) is 2. The van der Waals surface area contributed by atoms with Gasteiger partial charge < -0.3 is 24.6 Å². The molecule has 0 aliphatic heterocycles. The topological polar surface area (TPSA) is 92.1 Å². The van der Waals surface area contributed by atoms with E-state index in [9.17, 15) is 32.6 Å². The maximum Gasteiger partial charge on any atom is 0.387 e. The van der Waals surface area contributed by atoms with Gasteiger partial charge in [0.25, 0.3) is 0 Å². The lowest BCUT2D eigenvalue weighted by Crippen LogP contribution is -2.18. The molecular formula is C21H16F4N2O5. The molecule has 0 unspecified atom stereocenters. The van der Waals surface area contributed by atoms with E-state index < -0.39 is 36.4 Å². The van der Waals surface area contributed by atoms with Crippen molar-refractivity contribution in [2.75, 3.05) is 4.90 Å². The highest BCUT2D eigenvalue weighted by atomic mass is 19.3. The molecule has 0 spiro atoms. The summed E-state index contributed by atoms with van der Waals surface area (Å²) in [6, 6.07) is 10.6. The summed E-state index contributed by atoms with van der Waals surface area (Å²) in [6.07, 6.45) is 3.08. The fourth-order valence-corrected chi connectivity index (χ4v) is 2.92. The zero-order valence-corrected chi connectivity index (χ0v) is 16.2. The molecule has 168 valence electrons. The Morgan fingerprint density at radius 3 is 2.25 bits per heavy atom. The molecule has 0 fully saturated rings. The Hall–Kier alpha value is -4.02. The Morgan fingerprint density at radius 1 is 0.969 bits per heavy atom. The third-order valence-corrected chi connectivity index (χ3v) is 4.26. The predicted octanol–water partition coefficient (Wildman–Crippen LogP) is 5.03. The summed E-state index contributed by atoms with van der Waals surface area (Å²) < 4.78 is 59.6. The number of aromatic carboxylic acids is 1. The predicted molar refractivity (Wildman–Crippen MR) is 105 cm³/mol. The van der Waals surface area contributed by atoms with E-state index in [0.29, 0.717) is 5.56 Å². The van der Waals surface area contributed by atoms with Crippen LogP contribution in [0.2, 0.25) is 0 Å². The minimum absolute atomic E-state index is 0.0981. The highest BCUT2D eigenvalue weighted by Gasteiger charge is 2.20. The molecule has 0 saturated heterocycles. The second kappa shape index (κ2) is 9.86. The van der Waals surface area contributed by atoms with Crippen molar-refractivity contribution in [3.8, 4) is 17.2 Å². The smallest absolute Gasteiger partial charge is 0.387 e. The first-order valence-corrected chi connectivity index (χ1v) is 9.01. The van der Waals surface area contributed by atoms with Crippen LogP contribution in [0.5, 0.6) is 17.2 Å². The number of carboxylic acid groups (broad SMARTS) is 1. The van der Waals surface area contributed by atoms with E-state index in [-0.39, 0.29) is 23.5 Å². The second-order valence-corrected chi connectivity index (χ2v) is 6.34. The number of phenols is 1. The van der Waals surface area contributed by atoms with Crippen LogP contribution in [0.3, 0.4) is 0 Å². The van der Waals surface area contributed by atoms with Gasteiger partial charge in [0, 0.05) is 36.4 Å². The van der Waals surface area contributed by atoms with Gasteiger partial charge >= 0.3 is 19.2 Å². The molecule has 0 aliphatic rings. The number of rotatable bonds is 9. The Kier molecular flexibility index (Phi) is 6.98. The van der Waals surface area contributed by atoms with E-state index in [1.807, 2.05) is 0 Å². The fourth-order valence-electron chi connectivity index (χ4n) is 2.92. The normalized spacial score (nSPS) is 10.9. The number of carboxylic acids is 1. The van der Waals surface area contributed by atoms with E-state index in [1.54, 1.807) is 18.3 Å². The molecule has 1 aromatic heterocycles. The van der Waals surface area contributed by atoms with Gasteiger partial charge in [-0.1, -0.05) is 6.07 Å². The third-order valence-electron chi connectivity index (χ3n) is 4.26. The Balaban J connectivity index is 2.11. The molecule has 2 aromatic carbocycles. The van der Waals surface area contributed by atoms with Crippen LogP contribution in [-0.2, 0) is 6.54 Å². The van der Waals surface area contributed by atoms with Crippen molar-refractivity contribution >= 4 is 17.3 Å². The number of halogens is 4. The zero-order valence-electron chi connectivity index (χ0n) is 16.2. The van der Waals surface area contributed by atoms with Crippen molar-refractivity contribution in [3.63, 3.8) is 0 Å². The lowest BCUT2D eigenvalue weighted by Gasteiger charge is -2.26. The van der Waals surface area contributed by atoms with Gasteiger partial charge in [-0.05, 0) is 42.0 Å². The number of aromatic hydroxyl groups is 1. The summed E-state index contributed by atoms with van der Waals surface area (Å²) in [5, 5.41) is 19.1. The zero-order chi connectivity index (χ0) is 23.3. The number of anilines is 2. The number of pyridine rings is 1. The van der Waals surface area contributed by atoms with E-state index in [4.69, 9.17) is 0 Å². The summed E-state index contributed by atoms with van der Waals surface area (Å²) >= 11 is 0. The largest absolute Gasteiger partial charge is 0.507 e. The number of hydrogen-bond acceptors (Lipinski definition) is 6. The Bertz CT molecular complexity index is 1080. The van der Waals surface area contributed by atoms with Crippen molar-refractivity contribution in [1.29, 1.82) is 0 Å². The first kappa shape index (κ1) is 22.7. The summed E-state index contributed by atoms with van der Waals surface area (Å²) in [6.45, 7) is -6.46. The van der Waals surface area contributed by atoms with Gasteiger partial charge in [-0.15, -0.1) is 0 Å². The lowest BCUT2D eigenvalue weighted by atomic mass is 10.1. The third kappa shape index (κ3) is 5.56. The average Bonchev–Trinajstić information content (AvgIpc) is 2.74. The van der Waals surface area contributed by atoms with Gasteiger partial charge in [0.1, 0.15) is 11.3 Å². The fraction of sp³-hybridized carbons (Fsp3) is 0.143. The summed E-state index contributed by atoms with van der Waals surface area (Å²) in [5.41, 5.74) is 0.754. The van der Waals surface area contributed by atoms with Crippen LogP contribution in [0.4, 0.5) is 28.9 Å². The molecule has 0 radical (unpaired) electrons. The van der Waals surface area contributed by atoms with Crippen LogP contribution in [0, 0.1) is 0 Å². The second-order valence-electron chi connectivity index (χ2n) is 6.34. The van der Waals surface area contributed by atoms with Crippen LogP contribution in [0.1, 0.15) is 15.9 Å². The first-order chi connectivity index (χ1) is 15.2. The van der Waals surface area contributed by atoms with Gasteiger partial charge in [-0.3, -0.25) is 4.98 Å². The molecule has 0 bridgehead atoms. The molecule has 0 atom stereocenters. The van der Waals surface area contributed by atoms with E-state index in [1.165, 1.54) is 35.4 Å². The van der Waals surface area contributed by atoms with Gasteiger partial charge in [0.15, 0.2) is 11.5 Å². The lowest BCUT2D eigenvalue weighted by molar-refractivity contribution is -0.0692. The Labute approximate surface area is 179 Å². The molecule has 11 heteroatoms. The van der Waals surface area contributed by atoms with Crippen LogP contribution >= 0.6 is 0 Å². The molecule has 3 aromatic rings. The van der Waals surface area contributed by atoms with E-state index in [0.717, 1.165) is 12.1 Å². The molecule has 0 amide bonds. The van der Waals surface area contributed by atoms with Crippen LogP contribution in [-0.4, -0.2) is 34.4 Å². The summed E-state index contributed by atoms with van der Waals surface area (Å²) in [5.74, 6) is -3.08. The van der Waals surface area contributed by atoms with Gasteiger partial charge in [0.2, 0.25) is 0 Å². The molecule has 0 aliphatic carbocycles. The number of alkyl halides is 4. The Morgan fingerprint density at radius 2 is 1.62 bits per heavy atom. The first-order valence-electron chi connectivity index (χ1n) is 9.01. The van der Waals surface area contributed by atoms with Crippen molar-refractivity contribution in [2.24, 2.45) is 0 Å². The van der Waals surface area contributed by atoms with Crippen LogP contribution < -0.4 is 14.4 Å². The summed E-state index contributed by atoms with van der Waals surface area (Å²) in [7, 11) is 0. The van der Waals surface area contributed by atoms with Crippen molar-refractivity contribution < 1.29 is 42.0 Å². The molecule has 1 heterocycles. The number of carbonyl (C=O) groups is 1. The molecular weight excluding hydrogens is 436 g/mol. The van der Waals surface area contributed by atoms with E-state index >= 15 is 0 Å². The number of aromatic nitrogens is 1. The molecule has 7 nitrogen and oxygen atoms in total. The monoisotopic (exact) mass is 452 g/mol. The summed E-state index contributed by atoms with van der Waals surface area (Å²) in [4.78, 5) is 16.9. The van der Waals surface area contributed by atoms with Gasteiger partial charge in [0.05, 0.1) is 0 Å². The van der Waals surface area contributed by atoms with Crippen LogP contribution in [0.25, 0.3) is 0 Å². The maximum absolute atomic E-state index is 12.8. The van der Waals surface area contributed by atoms with E-state index in [2.05, 4.69) is 14.5 Å². The minimum Gasteiger partial charge on any atom is -0.507 e. The van der Waals surface area contributed by atoms with Crippen molar-refractivity contribution in [3.05, 3.63) is 72.1 Å². The number of hydrogen-bond donors (Lipinski definition) is 2. The highest BCUT2D eigenvalue weighted by molar-refractivity contribution is 5.92. The maximum atomic E-state index is 12.8. The average molecular weight is 452 g/mol. The van der Waals surface area contributed by atoms with Crippen molar-refractivity contribution in [1.82, 2.24) is 4.98 Å². The molecule has 32 heavy (non-hydrogen) atoms. The van der Waals surface area contributed by atoms with Crippen LogP contribution in [0.15, 0.2) is 60.9 Å². The molecule has 3 rings (SSSR count). The quantitative estimate of drug-likeness (QED) is 0.440.